The van der Waals surface area contributed by atoms with E-state index in [9.17, 15) is 4.79 Å². The molecule has 0 radical (unpaired) electrons. The minimum Gasteiger partial charge on any atom is -0.369 e. The fourth-order valence-corrected chi connectivity index (χ4v) is 5.45. The van der Waals surface area contributed by atoms with Gasteiger partial charge in [0.1, 0.15) is 16.5 Å². The summed E-state index contributed by atoms with van der Waals surface area (Å²) in [6.45, 7) is 6.00. The average Bonchev–Trinajstić information content (AvgIpc) is 2.91. The van der Waals surface area contributed by atoms with Crippen molar-refractivity contribution in [3.8, 4) is 0 Å². The van der Waals surface area contributed by atoms with Crippen LogP contribution in [-0.2, 0) is 17.6 Å². The van der Waals surface area contributed by atoms with Gasteiger partial charge in [-0.1, -0.05) is 6.92 Å². The molecule has 0 saturated carbocycles. The SMILES string of the molecule is Cc1nc(N2CCC(C(N)=O)CC2)c2c3c(sc2n1)CC(C)CC3. The van der Waals surface area contributed by atoms with Crippen molar-refractivity contribution in [1.82, 2.24) is 9.97 Å². The lowest BCUT2D eigenvalue weighted by atomic mass is 9.89. The average molecular weight is 344 g/mol. The highest BCUT2D eigenvalue weighted by molar-refractivity contribution is 7.19. The van der Waals surface area contributed by atoms with Gasteiger partial charge in [-0.25, -0.2) is 9.97 Å². The highest BCUT2D eigenvalue weighted by atomic mass is 32.1. The number of piperidine rings is 1. The van der Waals surface area contributed by atoms with Gasteiger partial charge in [0.25, 0.3) is 0 Å². The lowest BCUT2D eigenvalue weighted by molar-refractivity contribution is -0.122. The Hall–Kier alpha value is -1.69. The molecule has 2 aliphatic rings. The van der Waals surface area contributed by atoms with E-state index in [1.54, 1.807) is 0 Å². The van der Waals surface area contributed by atoms with Gasteiger partial charge in [0.15, 0.2) is 0 Å². The molecule has 1 aliphatic carbocycles. The van der Waals surface area contributed by atoms with Gasteiger partial charge in [-0.05, 0) is 50.5 Å². The van der Waals surface area contributed by atoms with E-state index in [4.69, 9.17) is 15.7 Å². The van der Waals surface area contributed by atoms with E-state index in [1.807, 2.05) is 18.3 Å². The predicted octanol–water partition coefficient (Wildman–Crippen LogP) is 2.83. The van der Waals surface area contributed by atoms with Crippen molar-refractivity contribution in [2.45, 2.75) is 46.0 Å². The van der Waals surface area contributed by atoms with Crippen LogP contribution in [0.15, 0.2) is 0 Å². The second kappa shape index (κ2) is 5.99. The number of hydrogen-bond donors (Lipinski definition) is 1. The fraction of sp³-hybridized carbons (Fsp3) is 0.611. The van der Waals surface area contributed by atoms with Crippen LogP contribution in [0.3, 0.4) is 0 Å². The molecular formula is C18H24N4OS. The maximum Gasteiger partial charge on any atom is 0.220 e. The topological polar surface area (TPSA) is 72.1 Å². The summed E-state index contributed by atoms with van der Waals surface area (Å²) in [6, 6.07) is 0. The van der Waals surface area contributed by atoms with Crippen LogP contribution in [0, 0.1) is 18.8 Å². The number of aromatic nitrogens is 2. The summed E-state index contributed by atoms with van der Waals surface area (Å²) in [5.41, 5.74) is 6.94. The Morgan fingerprint density at radius 1 is 1.25 bits per heavy atom. The number of carbonyl (C=O) groups excluding carboxylic acids is 1. The van der Waals surface area contributed by atoms with Gasteiger partial charge >= 0.3 is 0 Å². The van der Waals surface area contributed by atoms with Crippen LogP contribution >= 0.6 is 11.3 Å². The van der Waals surface area contributed by atoms with E-state index in [0.717, 1.165) is 54.7 Å². The van der Waals surface area contributed by atoms with E-state index >= 15 is 0 Å². The lowest BCUT2D eigenvalue weighted by Crippen LogP contribution is -2.39. The summed E-state index contributed by atoms with van der Waals surface area (Å²) in [7, 11) is 0. The number of primary amides is 1. The molecule has 4 rings (SSSR count). The van der Waals surface area contributed by atoms with Crippen molar-refractivity contribution in [2.75, 3.05) is 18.0 Å². The number of carbonyl (C=O) groups is 1. The third kappa shape index (κ3) is 2.66. The molecule has 6 heteroatoms. The summed E-state index contributed by atoms with van der Waals surface area (Å²) in [5, 5.41) is 1.27. The molecule has 1 unspecified atom stereocenters. The molecule has 1 fully saturated rings. The first-order valence-electron chi connectivity index (χ1n) is 8.86. The van der Waals surface area contributed by atoms with Gasteiger partial charge in [0.05, 0.1) is 5.39 Å². The molecule has 1 aliphatic heterocycles. The van der Waals surface area contributed by atoms with Crippen molar-refractivity contribution in [3.63, 3.8) is 0 Å². The summed E-state index contributed by atoms with van der Waals surface area (Å²) >= 11 is 1.85. The normalized spacial score (nSPS) is 21.9. The Bertz CT molecular complexity index is 792. The van der Waals surface area contributed by atoms with Crippen LogP contribution in [0.25, 0.3) is 10.2 Å². The van der Waals surface area contributed by atoms with E-state index in [0.29, 0.717) is 0 Å². The van der Waals surface area contributed by atoms with Crippen molar-refractivity contribution in [2.24, 2.45) is 17.6 Å². The Kier molecular flexibility index (Phi) is 3.95. The predicted molar refractivity (Wildman–Crippen MR) is 97.5 cm³/mol. The first-order chi connectivity index (χ1) is 11.5. The number of anilines is 1. The lowest BCUT2D eigenvalue weighted by Gasteiger charge is -2.32. The number of amides is 1. The molecule has 2 aromatic heterocycles. The molecule has 2 aromatic rings. The first kappa shape index (κ1) is 15.8. The maximum atomic E-state index is 11.4. The molecule has 1 amide bonds. The number of hydrogen-bond acceptors (Lipinski definition) is 5. The van der Waals surface area contributed by atoms with Crippen LogP contribution in [0.4, 0.5) is 5.82 Å². The van der Waals surface area contributed by atoms with E-state index in [-0.39, 0.29) is 11.8 Å². The monoisotopic (exact) mass is 344 g/mol. The molecule has 3 heterocycles. The standard InChI is InChI=1S/C18H24N4OS/c1-10-3-4-13-14(9-10)24-18-15(13)17(20-11(2)21-18)22-7-5-12(6-8-22)16(19)23/h10,12H,3-9H2,1-2H3,(H2,19,23). The molecule has 0 aromatic carbocycles. The zero-order valence-corrected chi connectivity index (χ0v) is 15.2. The molecular weight excluding hydrogens is 320 g/mol. The van der Waals surface area contributed by atoms with Crippen molar-refractivity contribution < 1.29 is 4.79 Å². The van der Waals surface area contributed by atoms with Gasteiger partial charge < -0.3 is 10.6 Å². The first-order valence-corrected chi connectivity index (χ1v) is 9.67. The number of nitrogens with two attached hydrogens (primary N) is 1. The Balaban J connectivity index is 1.74. The van der Waals surface area contributed by atoms with Gasteiger partial charge in [-0.15, -0.1) is 11.3 Å². The smallest absolute Gasteiger partial charge is 0.220 e. The second-order valence-corrected chi connectivity index (χ2v) is 8.37. The molecule has 128 valence electrons. The van der Waals surface area contributed by atoms with Crippen LogP contribution in [0.1, 0.15) is 42.5 Å². The maximum absolute atomic E-state index is 11.4. The van der Waals surface area contributed by atoms with Gasteiger partial charge in [0, 0.05) is 23.9 Å². The molecule has 0 bridgehead atoms. The van der Waals surface area contributed by atoms with Gasteiger partial charge in [0.2, 0.25) is 5.91 Å². The number of nitrogens with zero attached hydrogens (tertiary/aromatic N) is 3. The Morgan fingerprint density at radius 3 is 2.71 bits per heavy atom. The van der Waals surface area contributed by atoms with E-state index in [1.165, 1.54) is 28.7 Å². The molecule has 1 saturated heterocycles. The number of aryl methyl sites for hydroxylation is 2. The number of thiophene rings is 1. The number of rotatable bonds is 2. The van der Waals surface area contributed by atoms with E-state index < -0.39 is 0 Å². The Morgan fingerprint density at radius 2 is 2.00 bits per heavy atom. The van der Waals surface area contributed by atoms with Crippen LogP contribution in [-0.4, -0.2) is 29.0 Å². The van der Waals surface area contributed by atoms with Gasteiger partial charge in [-0.3, -0.25) is 4.79 Å². The van der Waals surface area contributed by atoms with Crippen LogP contribution in [0.2, 0.25) is 0 Å². The zero-order chi connectivity index (χ0) is 16.8. The third-order valence-corrected chi connectivity index (χ3v) is 6.59. The van der Waals surface area contributed by atoms with Crippen LogP contribution < -0.4 is 10.6 Å². The zero-order valence-electron chi connectivity index (χ0n) is 14.3. The third-order valence-electron chi connectivity index (χ3n) is 5.44. The van der Waals surface area contributed by atoms with Crippen molar-refractivity contribution in [3.05, 3.63) is 16.3 Å². The largest absolute Gasteiger partial charge is 0.369 e. The summed E-state index contributed by atoms with van der Waals surface area (Å²) in [5.74, 6) is 2.51. The highest BCUT2D eigenvalue weighted by Crippen LogP contribution is 2.41. The molecule has 0 spiro atoms. The van der Waals surface area contributed by atoms with Crippen molar-refractivity contribution in [1.29, 1.82) is 0 Å². The summed E-state index contributed by atoms with van der Waals surface area (Å²) < 4.78 is 0. The molecule has 5 nitrogen and oxygen atoms in total. The number of fused-ring (bicyclic) bond motifs is 3. The highest BCUT2D eigenvalue weighted by Gasteiger charge is 2.28. The molecule has 2 N–H and O–H groups in total. The quantitative estimate of drug-likeness (QED) is 0.909. The van der Waals surface area contributed by atoms with E-state index in [2.05, 4.69) is 11.8 Å². The molecule has 1 atom stereocenters. The Labute approximate surface area is 146 Å². The van der Waals surface area contributed by atoms with Crippen molar-refractivity contribution >= 4 is 33.3 Å². The van der Waals surface area contributed by atoms with Gasteiger partial charge in [-0.2, -0.15) is 0 Å². The fourth-order valence-electron chi connectivity index (χ4n) is 4.03. The summed E-state index contributed by atoms with van der Waals surface area (Å²) in [6.07, 6.45) is 5.19. The summed E-state index contributed by atoms with van der Waals surface area (Å²) in [4.78, 5) is 25.9. The second-order valence-electron chi connectivity index (χ2n) is 7.29. The minimum atomic E-state index is -0.166. The van der Waals surface area contributed by atoms with Crippen LogP contribution in [0.5, 0.6) is 0 Å². The molecule has 24 heavy (non-hydrogen) atoms. The minimum absolute atomic E-state index is 0.0110.